The molecule has 0 aliphatic rings. The number of rotatable bonds is 10. The van der Waals surface area contributed by atoms with E-state index in [2.05, 4.69) is 36.4 Å². The summed E-state index contributed by atoms with van der Waals surface area (Å²) in [5.74, 6) is 1.72. The summed E-state index contributed by atoms with van der Waals surface area (Å²) >= 11 is 0. The minimum Gasteiger partial charge on any atom is -0.497 e. The van der Waals surface area contributed by atoms with Crippen LogP contribution in [0.15, 0.2) is 18.2 Å². The molecule has 4 heteroatoms. The molecule has 1 aromatic carbocycles. The first-order valence-electron chi connectivity index (χ1n) is 7.23. The lowest BCUT2D eigenvalue weighted by atomic mass is 10.1. The van der Waals surface area contributed by atoms with Gasteiger partial charge in [-0.1, -0.05) is 0 Å². The van der Waals surface area contributed by atoms with Crippen LogP contribution in [-0.4, -0.2) is 52.8 Å². The smallest absolute Gasteiger partial charge is 0.122 e. The molecule has 20 heavy (non-hydrogen) atoms. The van der Waals surface area contributed by atoms with Gasteiger partial charge in [0.1, 0.15) is 11.5 Å². The number of nitrogens with zero attached hydrogens (tertiary/aromatic N) is 1. The molecular formula is C16H28N2O2. The lowest BCUT2D eigenvalue weighted by molar-refractivity contribution is 0.392. The van der Waals surface area contributed by atoms with Gasteiger partial charge in [0, 0.05) is 6.07 Å². The van der Waals surface area contributed by atoms with Crippen LogP contribution in [0.5, 0.6) is 11.5 Å². The maximum Gasteiger partial charge on any atom is 0.122 e. The Morgan fingerprint density at radius 3 is 2.10 bits per heavy atom. The quantitative estimate of drug-likeness (QED) is 0.666. The van der Waals surface area contributed by atoms with Gasteiger partial charge in [0.25, 0.3) is 0 Å². The molecule has 0 heterocycles. The van der Waals surface area contributed by atoms with Crippen molar-refractivity contribution in [2.45, 2.75) is 19.3 Å². The fraction of sp³-hybridized carbons (Fsp3) is 0.625. The second-order valence-corrected chi connectivity index (χ2v) is 5.23. The van der Waals surface area contributed by atoms with Crippen molar-refractivity contribution in [3.05, 3.63) is 23.8 Å². The largest absolute Gasteiger partial charge is 0.497 e. The third-order valence-corrected chi connectivity index (χ3v) is 3.19. The van der Waals surface area contributed by atoms with Crippen LogP contribution >= 0.6 is 0 Å². The Bertz CT molecular complexity index is 358. The SMILES string of the molecule is COc1cc(CCCNCCCN(C)C)cc(OC)c1. The third kappa shape index (κ3) is 6.78. The Labute approximate surface area is 123 Å². The van der Waals surface area contributed by atoms with Crippen LogP contribution in [0.4, 0.5) is 0 Å². The van der Waals surface area contributed by atoms with Crippen molar-refractivity contribution >= 4 is 0 Å². The molecule has 0 aliphatic carbocycles. The molecule has 0 unspecified atom stereocenters. The first-order valence-corrected chi connectivity index (χ1v) is 7.23. The predicted octanol–water partition coefficient (Wildman–Crippen LogP) is 2.18. The number of ether oxygens (including phenoxy) is 2. The Hall–Kier alpha value is -1.26. The number of hydrogen-bond acceptors (Lipinski definition) is 4. The van der Waals surface area contributed by atoms with Crippen LogP contribution in [0, 0.1) is 0 Å². The summed E-state index contributed by atoms with van der Waals surface area (Å²) in [4.78, 5) is 2.21. The summed E-state index contributed by atoms with van der Waals surface area (Å²) in [6.45, 7) is 3.27. The van der Waals surface area contributed by atoms with Gasteiger partial charge >= 0.3 is 0 Å². The first-order chi connectivity index (χ1) is 9.65. The monoisotopic (exact) mass is 280 g/mol. The number of methoxy groups -OCH3 is 2. The minimum absolute atomic E-state index is 0.860. The van der Waals surface area contributed by atoms with Crippen molar-refractivity contribution < 1.29 is 9.47 Å². The van der Waals surface area contributed by atoms with Crippen LogP contribution < -0.4 is 14.8 Å². The summed E-state index contributed by atoms with van der Waals surface area (Å²) in [5.41, 5.74) is 1.26. The van der Waals surface area contributed by atoms with Crippen molar-refractivity contribution in [2.75, 3.05) is 47.9 Å². The van der Waals surface area contributed by atoms with Crippen LogP contribution in [0.1, 0.15) is 18.4 Å². The second kappa shape index (κ2) is 9.61. The molecular weight excluding hydrogens is 252 g/mol. The molecule has 1 N–H and O–H groups in total. The molecule has 0 amide bonds. The molecule has 114 valence electrons. The number of nitrogens with one attached hydrogen (secondary N) is 1. The van der Waals surface area contributed by atoms with Crippen molar-refractivity contribution in [3.8, 4) is 11.5 Å². The van der Waals surface area contributed by atoms with E-state index < -0.39 is 0 Å². The molecule has 0 aliphatic heterocycles. The van der Waals surface area contributed by atoms with Crippen molar-refractivity contribution in [2.24, 2.45) is 0 Å². The van der Waals surface area contributed by atoms with E-state index in [-0.39, 0.29) is 0 Å². The van der Waals surface area contributed by atoms with Crippen LogP contribution in [-0.2, 0) is 6.42 Å². The van der Waals surface area contributed by atoms with E-state index in [4.69, 9.17) is 9.47 Å². The maximum atomic E-state index is 5.28. The zero-order chi connectivity index (χ0) is 14.8. The standard InChI is InChI=1S/C16H28N2O2/c1-18(2)10-6-9-17-8-5-7-14-11-15(19-3)13-16(12-14)20-4/h11-13,17H,5-10H2,1-4H3. The minimum atomic E-state index is 0.860. The molecule has 0 radical (unpaired) electrons. The third-order valence-electron chi connectivity index (χ3n) is 3.19. The lowest BCUT2D eigenvalue weighted by Crippen LogP contribution is -2.22. The molecule has 0 atom stereocenters. The highest BCUT2D eigenvalue weighted by atomic mass is 16.5. The zero-order valence-corrected chi connectivity index (χ0v) is 13.2. The first kappa shape index (κ1) is 16.8. The van der Waals surface area contributed by atoms with Crippen molar-refractivity contribution in [3.63, 3.8) is 0 Å². The fourth-order valence-electron chi connectivity index (χ4n) is 2.07. The molecule has 1 rings (SSSR count). The van der Waals surface area contributed by atoms with Gasteiger partial charge in [0.05, 0.1) is 14.2 Å². The summed E-state index contributed by atoms with van der Waals surface area (Å²) in [5, 5.41) is 3.48. The highest BCUT2D eigenvalue weighted by Gasteiger charge is 2.01. The lowest BCUT2D eigenvalue weighted by Gasteiger charge is -2.10. The summed E-state index contributed by atoms with van der Waals surface area (Å²) in [6.07, 6.45) is 3.35. The molecule has 0 saturated carbocycles. The Morgan fingerprint density at radius 2 is 1.55 bits per heavy atom. The Morgan fingerprint density at radius 1 is 0.950 bits per heavy atom. The van der Waals surface area contributed by atoms with Gasteiger partial charge in [-0.15, -0.1) is 0 Å². The van der Waals surface area contributed by atoms with Crippen LogP contribution in [0.3, 0.4) is 0 Å². The van der Waals surface area contributed by atoms with Gasteiger partial charge < -0.3 is 19.7 Å². The van der Waals surface area contributed by atoms with E-state index in [1.54, 1.807) is 14.2 Å². The summed E-state index contributed by atoms with van der Waals surface area (Å²) in [6, 6.07) is 6.06. The van der Waals surface area contributed by atoms with E-state index in [0.29, 0.717) is 0 Å². The summed E-state index contributed by atoms with van der Waals surface area (Å²) < 4.78 is 10.6. The van der Waals surface area contributed by atoms with Gasteiger partial charge in [0.15, 0.2) is 0 Å². The number of aryl methyl sites for hydroxylation is 1. The van der Waals surface area contributed by atoms with Crippen LogP contribution in [0.25, 0.3) is 0 Å². The average Bonchev–Trinajstić information content (AvgIpc) is 2.45. The highest BCUT2D eigenvalue weighted by Crippen LogP contribution is 2.23. The van der Waals surface area contributed by atoms with Gasteiger partial charge in [-0.3, -0.25) is 0 Å². The highest BCUT2D eigenvalue weighted by molar-refractivity contribution is 5.38. The van der Waals surface area contributed by atoms with Crippen molar-refractivity contribution in [1.82, 2.24) is 10.2 Å². The van der Waals surface area contributed by atoms with E-state index in [1.165, 1.54) is 12.0 Å². The van der Waals surface area contributed by atoms with Gasteiger partial charge in [-0.25, -0.2) is 0 Å². The Kier molecular flexibility index (Phi) is 8.07. The normalized spacial score (nSPS) is 10.8. The second-order valence-electron chi connectivity index (χ2n) is 5.23. The van der Waals surface area contributed by atoms with E-state index in [1.807, 2.05) is 6.07 Å². The van der Waals surface area contributed by atoms with E-state index >= 15 is 0 Å². The molecule has 0 fully saturated rings. The van der Waals surface area contributed by atoms with Crippen LogP contribution in [0.2, 0.25) is 0 Å². The molecule has 0 bridgehead atoms. The zero-order valence-electron chi connectivity index (χ0n) is 13.2. The summed E-state index contributed by atoms with van der Waals surface area (Å²) in [7, 11) is 7.59. The van der Waals surface area contributed by atoms with E-state index in [9.17, 15) is 0 Å². The molecule has 0 aromatic heterocycles. The average molecular weight is 280 g/mol. The molecule has 1 aromatic rings. The predicted molar refractivity (Wildman–Crippen MR) is 83.9 cm³/mol. The molecule has 0 saturated heterocycles. The molecule has 0 spiro atoms. The van der Waals surface area contributed by atoms with Gasteiger partial charge in [-0.2, -0.15) is 0 Å². The number of hydrogen-bond donors (Lipinski definition) is 1. The maximum absolute atomic E-state index is 5.28. The van der Waals surface area contributed by atoms with Crippen molar-refractivity contribution in [1.29, 1.82) is 0 Å². The Balaban J connectivity index is 2.24. The van der Waals surface area contributed by atoms with Gasteiger partial charge in [-0.05, 0) is 70.7 Å². The van der Waals surface area contributed by atoms with E-state index in [0.717, 1.165) is 44.0 Å². The van der Waals surface area contributed by atoms with Gasteiger partial charge in [0.2, 0.25) is 0 Å². The fourth-order valence-corrected chi connectivity index (χ4v) is 2.07. The topological polar surface area (TPSA) is 33.7 Å². The molecule has 4 nitrogen and oxygen atoms in total. The number of benzene rings is 1.